The number of carbonyl (C=O) groups is 1. The third-order valence-electron chi connectivity index (χ3n) is 5.04. The van der Waals surface area contributed by atoms with E-state index in [2.05, 4.69) is 10.1 Å². The van der Waals surface area contributed by atoms with Crippen LogP contribution in [0.5, 0.6) is 0 Å². The van der Waals surface area contributed by atoms with Crippen LogP contribution in [-0.2, 0) is 4.74 Å². The van der Waals surface area contributed by atoms with E-state index in [0.717, 1.165) is 18.5 Å². The van der Waals surface area contributed by atoms with Crippen molar-refractivity contribution in [3.8, 4) is 11.4 Å². The SMILES string of the molecule is Cc1cc(-c2ncccc2F)nn1C1CCN(C(=O)OC(C)(C)C)C(C)(C)C1. The van der Waals surface area contributed by atoms with Gasteiger partial charge in [0.25, 0.3) is 0 Å². The van der Waals surface area contributed by atoms with Crippen LogP contribution in [0.25, 0.3) is 11.4 Å². The Morgan fingerprint density at radius 2 is 2.07 bits per heavy atom. The minimum atomic E-state index is -0.524. The molecule has 1 aliphatic heterocycles. The largest absolute Gasteiger partial charge is 0.444 e. The molecule has 2 aromatic heterocycles. The number of aromatic nitrogens is 3. The average Bonchev–Trinajstić information content (AvgIpc) is 2.94. The van der Waals surface area contributed by atoms with Gasteiger partial charge < -0.3 is 9.64 Å². The normalized spacial score (nSPS) is 19.5. The molecule has 0 aliphatic carbocycles. The van der Waals surface area contributed by atoms with Gasteiger partial charge in [0.05, 0.1) is 6.04 Å². The zero-order valence-electron chi connectivity index (χ0n) is 17.5. The zero-order valence-corrected chi connectivity index (χ0v) is 17.5. The molecular weight excluding hydrogens is 359 g/mol. The average molecular weight is 388 g/mol. The van der Waals surface area contributed by atoms with Gasteiger partial charge in [-0.25, -0.2) is 9.18 Å². The fraction of sp³-hybridized carbons (Fsp3) is 0.571. The predicted octanol–water partition coefficient (Wildman–Crippen LogP) is 4.74. The first kappa shape index (κ1) is 20.3. The molecule has 1 amide bonds. The van der Waals surface area contributed by atoms with Crippen LogP contribution < -0.4 is 0 Å². The Balaban J connectivity index is 1.80. The zero-order chi connectivity index (χ0) is 20.7. The first-order valence-corrected chi connectivity index (χ1v) is 9.65. The van der Waals surface area contributed by atoms with Crippen LogP contribution in [0.1, 0.15) is 59.2 Å². The maximum atomic E-state index is 14.1. The summed E-state index contributed by atoms with van der Waals surface area (Å²) in [5.41, 5.74) is 0.842. The molecule has 0 bridgehead atoms. The first-order valence-electron chi connectivity index (χ1n) is 9.65. The van der Waals surface area contributed by atoms with Crippen LogP contribution in [0.15, 0.2) is 24.4 Å². The number of rotatable bonds is 2. The van der Waals surface area contributed by atoms with E-state index in [1.165, 1.54) is 6.07 Å². The molecule has 3 rings (SSSR count). The van der Waals surface area contributed by atoms with Gasteiger partial charge in [-0.05, 0) is 72.6 Å². The van der Waals surface area contributed by atoms with E-state index < -0.39 is 5.60 Å². The van der Waals surface area contributed by atoms with Gasteiger partial charge >= 0.3 is 6.09 Å². The molecule has 6 nitrogen and oxygen atoms in total. The van der Waals surface area contributed by atoms with E-state index in [0.29, 0.717) is 12.2 Å². The summed E-state index contributed by atoms with van der Waals surface area (Å²) in [5, 5.41) is 4.64. The molecule has 1 saturated heterocycles. The quantitative estimate of drug-likeness (QED) is 0.745. The van der Waals surface area contributed by atoms with Crippen LogP contribution in [0.3, 0.4) is 0 Å². The topological polar surface area (TPSA) is 60.2 Å². The second-order valence-electron chi connectivity index (χ2n) is 9.04. The van der Waals surface area contributed by atoms with Crippen LogP contribution >= 0.6 is 0 Å². The molecule has 0 radical (unpaired) electrons. The molecule has 0 N–H and O–H groups in total. The lowest BCUT2D eigenvalue weighted by molar-refractivity contribution is -0.0144. The van der Waals surface area contributed by atoms with E-state index in [4.69, 9.17) is 4.74 Å². The highest BCUT2D eigenvalue weighted by Crippen LogP contribution is 2.36. The van der Waals surface area contributed by atoms with Crippen molar-refractivity contribution in [3.05, 3.63) is 35.9 Å². The van der Waals surface area contributed by atoms with Gasteiger partial charge in [0.2, 0.25) is 0 Å². The van der Waals surface area contributed by atoms with Crippen molar-refractivity contribution in [3.63, 3.8) is 0 Å². The molecule has 0 saturated carbocycles. The molecule has 1 unspecified atom stereocenters. The molecule has 0 spiro atoms. The number of hydrogen-bond acceptors (Lipinski definition) is 4. The Hall–Kier alpha value is -2.44. The Kier molecular flexibility index (Phi) is 5.21. The van der Waals surface area contributed by atoms with Crippen LogP contribution in [0, 0.1) is 12.7 Å². The number of carbonyl (C=O) groups excluding carboxylic acids is 1. The number of aryl methyl sites for hydroxylation is 1. The fourth-order valence-electron chi connectivity index (χ4n) is 3.78. The van der Waals surface area contributed by atoms with E-state index in [1.807, 2.05) is 52.3 Å². The van der Waals surface area contributed by atoms with Crippen LogP contribution in [-0.4, -0.2) is 43.4 Å². The summed E-state index contributed by atoms with van der Waals surface area (Å²) in [6, 6.07) is 4.93. The lowest BCUT2D eigenvalue weighted by Crippen LogP contribution is -2.54. The van der Waals surface area contributed by atoms with Crippen LogP contribution in [0.4, 0.5) is 9.18 Å². The van der Waals surface area contributed by atoms with Gasteiger partial charge in [-0.15, -0.1) is 0 Å². The van der Waals surface area contributed by atoms with E-state index in [1.54, 1.807) is 17.2 Å². The number of nitrogens with zero attached hydrogens (tertiary/aromatic N) is 4. The molecule has 152 valence electrons. The number of likely N-dealkylation sites (tertiary alicyclic amines) is 1. The molecule has 7 heteroatoms. The third-order valence-corrected chi connectivity index (χ3v) is 5.04. The smallest absolute Gasteiger partial charge is 0.410 e. The summed E-state index contributed by atoms with van der Waals surface area (Å²) in [4.78, 5) is 18.5. The minimum Gasteiger partial charge on any atom is -0.444 e. The van der Waals surface area contributed by atoms with Gasteiger partial charge in [0.1, 0.15) is 17.0 Å². The number of amides is 1. The Labute approximate surface area is 165 Å². The molecular formula is C21H29FN4O2. The maximum Gasteiger partial charge on any atom is 0.410 e. The molecule has 1 fully saturated rings. The van der Waals surface area contributed by atoms with Gasteiger partial charge in [0, 0.05) is 24.0 Å². The van der Waals surface area contributed by atoms with E-state index >= 15 is 0 Å². The van der Waals surface area contributed by atoms with Crippen molar-refractivity contribution in [2.24, 2.45) is 0 Å². The van der Waals surface area contributed by atoms with Crippen molar-refractivity contribution in [2.75, 3.05) is 6.54 Å². The molecule has 3 heterocycles. The Morgan fingerprint density at radius 3 is 2.68 bits per heavy atom. The summed E-state index contributed by atoms with van der Waals surface area (Å²) >= 11 is 0. The molecule has 0 aromatic carbocycles. The highest BCUT2D eigenvalue weighted by atomic mass is 19.1. The first-order chi connectivity index (χ1) is 13.0. The summed E-state index contributed by atoms with van der Waals surface area (Å²) in [5.74, 6) is -0.382. The van der Waals surface area contributed by atoms with Crippen LogP contribution in [0.2, 0.25) is 0 Å². The van der Waals surface area contributed by atoms with Gasteiger partial charge in [-0.1, -0.05) is 0 Å². The van der Waals surface area contributed by atoms with Gasteiger partial charge in [-0.3, -0.25) is 9.67 Å². The molecule has 1 atom stereocenters. The number of ether oxygens (including phenoxy) is 1. The summed E-state index contributed by atoms with van der Waals surface area (Å²) in [7, 11) is 0. The summed E-state index contributed by atoms with van der Waals surface area (Å²) < 4.78 is 21.6. The van der Waals surface area contributed by atoms with E-state index in [9.17, 15) is 9.18 Å². The van der Waals surface area contributed by atoms with Crippen molar-refractivity contribution in [1.29, 1.82) is 0 Å². The van der Waals surface area contributed by atoms with Crippen molar-refractivity contribution < 1.29 is 13.9 Å². The monoisotopic (exact) mass is 388 g/mol. The second-order valence-corrected chi connectivity index (χ2v) is 9.04. The van der Waals surface area contributed by atoms with E-state index in [-0.39, 0.29) is 29.2 Å². The van der Waals surface area contributed by atoms with Crippen molar-refractivity contribution in [1.82, 2.24) is 19.7 Å². The molecule has 1 aliphatic rings. The standard InChI is InChI=1S/C21H29FN4O2/c1-14-12-17(18-16(22)8-7-10-23-18)24-26(14)15-9-11-25(21(5,6)13-15)19(27)28-20(2,3)4/h7-8,10,12,15H,9,11,13H2,1-6H3. The fourth-order valence-corrected chi connectivity index (χ4v) is 3.78. The minimum absolute atomic E-state index is 0.120. The lowest BCUT2D eigenvalue weighted by atomic mass is 9.87. The van der Waals surface area contributed by atoms with Gasteiger partial charge in [-0.2, -0.15) is 5.10 Å². The second kappa shape index (κ2) is 7.18. The maximum absolute atomic E-state index is 14.1. The number of hydrogen-bond donors (Lipinski definition) is 0. The van der Waals surface area contributed by atoms with Crippen molar-refractivity contribution in [2.45, 2.75) is 71.6 Å². The number of pyridine rings is 1. The predicted molar refractivity (Wildman–Crippen MR) is 105 cm³/mol. The summed E-state index contributed by atoms with van der Waals surface area (Å²) in [6.07, 6.45) is 2.77. The van der Waals surface area contributed by atoms with Gasteiger partial charge in [0.15, 0.2) is 5.82 Å². The Bertz CT molecular complexity index is 870. The lowest BCUT2D eigenvalue weighted by Gasteiger charge is -2.45. The number of piperidine rings is 1. The Morgan fingerprint density at radius 1 is 1.36 bits per heavy atom. The molecule has 28 heavy (non-hydrogen) atoms. The highest BCUT2D eigenvalue weighted by Gasteiger charge is 2.40. The highest BCUT2D eigenvalue weighted by molar-refractivity contribution is 5.69. The third kappa shape index (κ3) is 4.18. The summed E-state index contributed by atoms with van der Waals surface area (Å²) in [6.45, 7) is 12.2. The molecule has 2 aromatic rings. The van der Waals surface area contributed by atoms with Crippen molar-refractivity contribution >= 4 is 6.09 Å². The number of halogens is 1.